The van der Waals surface area contributed by atoms with Crippen molar-refractivity contribution in [1.82, 2.24) is 0 Å². The van der Waals surface area contributed by atoms with Gasteiger partial charge in [0.15, 0.2) is 6.54 Å². The number of aliphatic carboxylic acids is 2. The van der Waals surface area contributed by atoms with Crippen molar-refractivity contribution in [3.63, 3.8) is 0 Å². The van der Waals surface area contributed by atoms with Gasteiger partial charge in [0.05, 0.1) is 27.7 Å². The standard InChI is InChI=1S/C17H15NO3.C5H11NO2.Na/c1-11(17(20)21)12-6-8-14(9-7-12)18-10-13-4-2-3-5-15(13)16(18)19;1-6(2,3)4-5(7)8;/h2-9,11H,10H2,1H3,(H,20,21);4H2,1-3H3;/q;;+1. The molecular formula is C22H26N2NaO5+. The van der Waals surface area contributed by atoms with E-state index in [-0.39, 0.29) is 42.0 Å². The van der Waals surface area contributed by atoms with Gasteiger partial charge in [-0.05, 0) is 29.3 Å². The number of fused-ring (bicyclic) bond motifs is 1. The first-order valence-corrected chi connectivity index (χ1v) is 9.22. The average molecular weight is 421 g/mol. The van der Waals surface area contributed by atoms with E-state index in [1.54, 1.807) is 36.1 Å². The summed E-state index contributed by atoms with van der Waals surface area (Å²) in [6.45, 7) is 2.31. The number of likely N-dealkylation sites (N-methyl/N-ethyl adjacent to an activating group) is 1. The van der Waals surface area contributed by atoms with Crippen LogP contribution in [-0.4, -0.2) is 55.1 Å². The molecule has 7 nitrogen and oxygen atoms in total. The molecule has 0 radical (unpaired) electrons. The number of hydrogen-bond donors (Lipinski definition) is 1. The Morgan fingerprint density at radius 3 is 2.10 bits per heavy atom. The summed E-state index contributed by atoms with van der Waals surface area (Å²) in [4.78, 5) is 34.9. The van der Waals surface area contributed by atoms with Gasteiger partial charge in [0.1, 0.15) is 0 Å². The van der Waals surface area contributed by atoms with Crippen molar-refractivity contribution >= 4 is 23.5 Å². The Kier molecular flexibility index (Phi) is 9.24. The first-order chi connectivity index (χ1) is 13.5. The van der Waals surface area contributed by atoms with Crippen LogP contribution in [0.25, 0.3) is 0 Å². The Morgan fingerprint density at radius 2 is 1.67 bits per heavy atom. The summed E-state index contributed by atoms with van der Waals surface area (Å²) in [7, 11) is 5.52. The molecule has 1 unspecified atom stereocenters. The fraction of sp³-hybridized carbons (Fsp3) is 0.318. The number of nitrogens with zero attached hydrogens (tertiary/aromatic N) is 2. The fourth-order valence-electron chi connectivity index (χ4n) is 2.95. The molecule has 3 rings (SSSR count). The largest absolute Gasteiger partial charge is 1.00 e. The number of hydrogen-bond acceptors (Lipinski definition) is 4. The van der Waals surface area contributed by atoms with E-state index in [2.05, 4.69) is 0 Å². The van der Waals surface area contributed by atoms with E-state index in [0.717, 1.165) is 16.8 Å². The van der Waals surface area contributed by atoms with Gasteiger partial charge in [-0.1, -0.05) is 37.3 Å². The van der Waals surface area contributed by atoms with Gasteiger partial charge in [0.25, 0.3) is 5.91 Å². The third kappa shape index (κ3) is 6.95. The normalized spacial score (nSPS) is 13.5. The molecule has 154 valence electrons. The summed E-state index contributed by atoms with van der Waals surface area (Å²) in [6.07, 6.45) is 0. The molecule has 8 heteroatoms. The van der Waals surface area contributed by atoms with Crippen LogP contribution >= 0.6 is 0 Å². The zero-order chi connectivity index (χ0) is 21.8. The van der Waals surface area contributed by atoms with Gasteiger partial charge in [-0.2, -0.15) is 0 Å². The van der Waals surface area contributed by atoms with Crippen LogP contribution in [-0.2, 0) is 16.1 Å². The minimum atomic E-state index is -1.10. The topological polar surface area (TPSA) is 97.7 Å². The number of carboxylic acid groups (broad SMARTS) is 2. The smallest absolute Gasteiger partial charge is 0.550 e. The number of benzene rings is 2. The number of carbonyl (C=O) groups excluding carboxylic acids is 2. The van der Waals surface area contributed by atoms with E-state index < -0.39 is 17.9 Å². The van der Waals surface area contributed by atoms with E-state index in [1.165, 1.54) is 0 Å². The van der Waals surface area contributed by atoms with Crippen molar-refractivity contribution < 1.29 is 58.6 Å². The van der Waals surface area contributed by atoms with Crippen molar-refractivity contribution in [2.24, 2.45) is 0 Å². The maximum atomic E-state index is 12.3. The fourth-order valence-corrected chi connectivity index (χ4v) is 2.95. The Morgan fingerprint density at radius 1 is 1.10 bits per heavy atom. The molecule has 2 aromatic rings. The van der Waals surface area contributed by atoms with Gasteiger partial charge in [-0.15, -0.1) is 0 Å². The third-order valence-corrected chi connectivity index (χ3v) is 4.49. The zero-order valence-corrected chi connectivity index (χ0v) is 20.1. The van der Waals surface area contributed by atoms with E-state index in [0.29, 0.717) is 16.6 Å². The molecule has 0 bridgehead atoms. The molecule has 2 aromatic carbocycles. The SMILES string of the molecule is CC(C(=O)[O-])c1ccc(N2Cc3ccccc3C2=O)cc1.C[N+](C)(C)CC(=O)O.[Na+]. The van der Waals surface area contributed by atoms with Crippen LogP contribution in [0.4, 0.5) is 5.69 Å². The van der Waals surface area contributed by atoms with Crippen LogP contribution in [0.1, 0.15) is 34.3 Å². The molecule has 1 atom stereocenters. The summed E-state index contributed by atoms with van der Waals surface area (Å²) in [6, 6.07) is 14.5. The molecule has 1 aliphatic heterocycles. The van der Waals surface area contributed by atoms with Gasteiger partial charge in [0.2, 0.25) is 0 Å². The second-order valence-corrected chi connectivity index (χ2v) is 8.02. The molecule has 0 spiro atoms. The Balaban J connectivity index is 0.000000431. The van der Waals surface area contributed by atoms with Gasteiger partial charge < -0.3 is 24.4 Å². The van der Waals surface area contributed by atoms with Crippen molar-refractivity contribution in [3.8, 4) is 0 Å². The van der Waals surface area contributed by atoms with Crippen LogP contribution in [0.2, 0.25) is 0 Å². The Bertz CT molecular complexity index is 906. The number of carboxylic acids is 2. The summed E-state index contributed by atoms with van der Waals surface area (Å²) in [5, 5.41) is 19.1. The van der Waals surface area contributed by atoms with Crippen LogP contribution < -0.4 is 39.6 Å². The first kappa shape index (κ1) is 25.8. The van der Waals surface area contributed by atoms with E-state index in [1.807, 2.05) is 45.4 Å². The predicted octanol–water partition coefficient (Wildman–Crippen LogP) is -1.52. The van der Waals surface area contributed by atoms with Crippen LogP contribution in [0, 0.1) is 0 Å². The average Bonchev–Trinajstić information content (AvgIpc) is 2.97. The van der Waals surface area contributed by atoms with Gasteiger partial charge in [-0.25, -0.2) is 4.79 Å². The number of carbonyl (C=O) groups is 3. The molecule has 0 saturated carbocycles. The monoisotopic (exact) mass is 421 g/mol. The van der Waals surface area contributed by atoms with E-state index in [9.17, 15) is 19.5 Å². The minimum absolute atomic E-state index is 0. The second-order valence-electron chi connectivity index (χ2n) is 8.02. The van der Waals surface area contributed by atoms with Crippen molar-refractivity contribution in [1.29, 1.82) is 0 Å². The van der Waals surface area contributed by atoms with Gasteiger partial charge in [-0.3, -0.25) is 4.79 Å². The molecule has 0 aromatic heterocycles. The van der Waals surface area contributed by atoms with E-state index >= 15 is 0 Å². The molecule has 1 heterocycles. The van der Waals surface area contributed by atoms with Crippen LogP contribution in [0.15, 0.2) is 48.5 Å². The molecule has 0 aliphatic carbocycles. The molecule has 0 fully saturated rings. The van der Waals surface area contributed by atoms with Crippen LogP contribution in [0.5, 0.6) is 0 Å². The summed E-state index contributed by atoms with van der Waals surface area (Å²) in [5.74, 6) is -2.54. The predicted molar refractivity (Wildman–Crippen MR) is 107 cm³/mol. The summed E-state index contributed by atoms with van der Waals surface area (Å²) in [5.41, 5.74) is 3.17. The number of amides is 1. The maximum absolute atomic E-state index is 12.3. The minimum Gasteiger partial charge on any atom is -0.550 e. The molecule has 1 N–H and O–H groups in total. The van der Waals surface area contributed by atoms with Crippen molar-refractivity contribution in [2.45, 2.75) is 19.4 Å². The van der Waals surface area contributed by atoms with Gasteiger partial charge in [0, 0.05) is 23.1 Å². The zero-order valence-electron chi connectivity index (χ0n) is 18.1. The quantitative estimate of drug-likeness (QED) is 0.467. The number of quaternary nitrogens is 1. The second kappa shape index (κ2) is 10.7. The molecule has 1 amide bonds. The number of rotatable bonds is 5. The maximum Gasteiger partial charge on any atom is 1.00 e. The Labute approximate surface area is 198 Å². The molecule has 1 aliphatic rings. The summed E-state index contributed by atoms with van der Waals surface area (Å²) >= 11 is 0. The van der Waals surface area contributed by atoms with Crippen molar-refractivity contribution in [2.75, 3.05) is 32.6 Å². The molecular weight excluding hydrogens is 395 g/mol. The van der Waals surface area contributed by atoms with Gasteiger partial charge >= 0.3 is 35.5 Å². The third-order valence-electron chi connectivity index (χ3n) is 4.49. The van der Waals surface area contributed by atoms with Crippen LogP contribution in [0.3, 0.4) is 0 Å². The first-order valence-electron chi connectivity index (χ1n) is 9.22. The Hall–Kier alpha value is -2.19. The van der Waals surface area contributed by atoms with Crippen molar-refractivity contribution in [3.05, 3.63) is 65.2 Å². The number of anilines is 1. The van der Waals surface area contributed by atoms with E-state index in [4.69, 9.17) is 5.11 Å². The molecule has 30 heavy (non-hydrogen) atoms. The summed E-state index contributed by atoms with van der Waals surface area (Å²) < 4.78 is 0.481. The molecule has 0 saturated heterocycles.